The summed E-state index contributed by atoms with van der Waals surface area (Å²) < 4.78 is 11.2. The first kappa shape index (κ1) is 16.5. The number of H-pyrrole nitrogens is 1. The van der Waals surface area contributed by atoms with Gasteiger partial charge in [0.25, 0.3) is 0 Å². The number of fused-ring (bicyclic) bond motifs is 1. The number of ether oxygens (including phenoxy) is 2. The Hall–Kier alpha value is -1.40. The fraction of sp³-hybridized carbons (Fsp3) is 0.765. The molecule has 0 bridgehead atoms. The van der Waals surface area contributed by atoms with E-state index < -0.39 is 0 Å². The van der Waals surface area contributed by atoms with Crippen LogP contribution in [0, 0.1) is 0 Å². The molecule has 6 nitrogen and oxygen atoms in total. The van der Waals surface area contributed by atoms with Crippen molar-refractivity contribution >= 4 is 5.91 Å². The first-order chi connectivity index (χ1) is 11.0. The van der Waals surface area contributed by atoms with Crippen LogP contribution in [-0.4, -0.2) is 59.5 Å². The van der Waals surface area contributed by atoms with Crippen molar-refractivity contribution in [2.24, 2.45) is 0 Å². The molecule has 1 aromatic rings. The molecule has 0 spiro atoms. The average Bonchev–Trinajstić information content (AvgIpc) is 2.89. The van der Waals surface area contributed by atoms with Crippen LogP contribution in [0.25, 0.3) is 0 Å². The molecule has 1 amide bonds. The normalized spacial score (nSPS) is 23.6. The van der Waals surface area contributed by atoms with E-state index in [1.807, 2.05) is 18.7 Å². The van der Waals surface area contributed by atoms with Crippen molar-refractivity contribution in [1.29, 1.82) is 0 Å². The molecule has 0 unspecified atom stereocenters. The third-order valence-electron chi connectivity index (χ3n) is 4.65. The Labute approximate surface area is 137 Å². The van der Waals surface area contributed by atoms with Gasteiger partial charge in [-0.2, -0.15) is 5.10 Å². The smallest absolute Gasteiger partial charge is 0.228 e. The topological polar surface area (TPSA) is 67.5 Å². The summed E-state index contributed by atoms with van der Waals surface area (Å²) in [6, 6.07) is 0. The number of carbonyl (C=O) groups excluding carboxylic acids is 1. The van der Waals surface area contributed by atoms with Crippen molar-refractivity contribution in [3.8, 4) is 0 Å². The molecule has 3 rings (SSSR count). The number of carbonyl (C=O) groups is 1. The number of aromatic nitrogens is 2. The summed E-state index contributed by atoms with van der Waals surface area (Å²) >= 11 is 0. The van der Waals surface area contributed by atoms with E-state index in [1.54, 1.807) is 7.11 Å². The minimum Gasteiger partial charge on any atom is -0.382 e. The van der Waals surface area contributed by atoms with Crippen molar-refractivity contribution in [3.63, 3.8) is 0 Å². The van der Waals surface area contributed by atoms with Gasteiger partial charge in [-0.15, -0.1) is 0 Å². The van der Waals surface area contributed by atoms with E-state index in [-0.39, 0.29) is 17.6 Å². The van der Waals surface area contributed by atoms with Crippen LogP contribution in [0.4, 0.5) is 0 Å². The predicted octanol–water partition coefficient (Wildman–Crippen LogP) is 1.48. The third kappa shape index (κ3) is 3.75. The van der Waals surface area contributed by atoms with Gasteiger partial charge in [0.2, 0.25) is 5.91 Å². The maximum absolute atomic E-state index is 12.8. The van der Waals surface area contributed by atoms with Crippen LogP contribution in [-0.2, 0) is 33.5 Å². The van der Waals surface area contributed by atoms with E-state index in [4.69, 9.17) is 9.47 Å². The molecule has 2 aliphatic rings. The minimum atomic E-state index is -0.345. The largest absolute Gasteiger partial charge is 0.382 e. The van der Waals surface area contributed by atoms with Gasteiger partial charge in [0, 0.05) is 25.9 Å². The second-order valence-electron chi connectivity index (χ2n) is 7.24. The van der Waals surface area contributed by atoms with Crippen molar-refractivity contribution in [3.05, 3.63) is 17.0 Å². The van der Waals surface area contributed by atoms with Crippen LogP contribution in [0.15, 0.2) is 0 Å². The Morgan fingerprint density at radius 2 is 2.22 bits per heavy atom. The van der Waals surface area contributed by atoms with E-state index in [0.29, 0.717) is 26.1 Å². The van der Waals surface area contributed by atoms with Crippen LogP contribution < -0.4 is 0 Å². The quantitative estimate of drug-likeness (QED) is 0.912. The molecule has 128 valence electrons. The molecule has 23 heavy (non-hydrogen) atoms. The first-order valence-corrected chi connectivity index (χ1v) is 8.48. The number of methoxy groups -OCH3 is 1. The van der Waals surface area contributed by atoms with Gasteiger partial charge in [0.05, 0.1) is 30.4 Å². The van der Waals surface area contributed by atoms with Gasteiger partial charge in [0.1, 0.15) is 0 Å². The van der Waals surface area contributed by atoms with Crippen molar-refractivity contribution < 1.29 is 14.3 Å². The van der Waals surface area contributed by atoms with Gasteiger partial charge >= 0.3 is 0 Å². The number of nitrogens with zero attached hydrogens (tertiary/aromatic N) is 2. The van der Waals surface area contributed by atoms with Crippen LogP contribution in [0.5, 0.6) is 0 Å². The number of hydrogen-bond acceptors (Lipinski definition) is 4. The highest BCUT2D eigenvalue weighted by molar-refractivity contribution is 5.79. The Morgan fingerprint density at radius 3 is 3.00 bits per heavy atom. The molecule has 0 radical (unpaired) electrons. The van der Waals surface area contributed by atoms with E-state index in [2.05, 4.69) is 10.2 Å². The Morgan fingerprint density at radius 1 is 1.43 bits per heavy atom. The molecule has 1 saturated heterocycles. The zero-order valence-corrected chi connectivity index (χ0v) is 14.4. The zero-order chi connectivity index (χ0) is 16.4. The maximum atomic E-state index is 12.8. The molecule has 0 saturated carbocycles. The molecular formula is C17H27N3O3. The highest BCUT2D eigenvalue weighted by atomic mass is 16.5. The van der Waals surface area contributed by atoms with Gasteiger partial charge < -0.3 is 14.4 Å². The Kier molecular flexibility index (Phi) is 4.73. The molecule has 1 atom stereocenters. The predicted molar refractivity (Wildman–Crippen MR) is 86.3 cm³/mol. The standard InChI is InChI=1S/C17H27N3O3/c1-17(2)11-20(9-12(23-17)10-22-3)16(21)8-15-13-6-4-5-7-14(13)18-19-15/h12H,4-11H2,1-3H3,(H,18,19)/t12-/m1/s1. The summed E-state index contributed by atoms with van der Waals surface area (Å²) in [5.41, 5.74) is 3.07. The monoisotopic (exact) mass is 321 g/mol. The maximum Gasteiger partial charge on any atom is 0.228 e. The first-order valence-electron chi connectivity index (χ1n) is 8.48. The summed E-state index contributed by atoms with van der Waals surface area (Å²) in [6.45, 7) is 5.74. The number of hydrogen-bond donors (Lipinski definition) is 1. The molecule has 6 heteroatoms. The van der Waals surface area contributed by atoms with E-state index >= 15 is 0 Å². The van der Waals surface area contributed by atoms with Crippen LogP contribution in [0.1, 0.15) is 43.6 Å². The van der Waals surface area contributed by atoms with Crippen molar-refractivity contribution in [2.45, 2.75) is 57.7 Å². The lowest BCUT2D eigenvalue weighted by Crippen LogP contribution is -2.56. The highest BCUT2D eigenvalue weighted by Crippen LogP contribution is 2.25. The van der Waals surface area contributed by atoms with Crippen molar-refractivity contribution in [1.82, 2.24) is 15.1 Å². The minimum absolute atomic E-state index is 0.0687. The summed E-state index contributed by atoms with van der Waals surface area (Å²) in [5.74, 6) is 0.127. The second kappa shape index (κ2) is 6.61. The molecule has 1 N–H and O–H groups in total. The van der Waals surface area contributed by atoms with Gasteiger partial charge in [-0.05, 0) is 45.1 Å². The Bertz CT molecular complexity index is 567. The molecule has 2 heterocycles. The van der Waals surface area contributed by atoms with Gasteiger partial charge in [-0.3, -0.25) is 9.89 Å². The van der Waals surface area contributed by atoms with Crippen LogP contribution in [0.3, 0.4) is 0 Å². The number of rotatable bonds is 4. The summed E-state index contributed by atoms with van der Waals surface area (Å²) in [7, 11) is 1.66. The van der Waals surface area contributed by atoms with Crippen LogP contribution >= 0.6 is 0 Å². The highest BCUT2D eigenvalue weighted by Gasteiger charge is 2.36. The van der Waals surface area contributed by atoms with E-state index in [1.165, 1.54) is 24.1 Å². The average molecular weight is 321 g/mol. The number of morpholine rings is 1. The van der Waals surface area contributed by atoms with Gasteiger partial charge in [-0.1, -0.05) is 0 Å². The molecule has 1 aliphatic carbocycles. The lowest BCUT2D eigenvalue weighted by Gasteiger charge is -2.42. The van der Waals surface area contributed by atoms with Crippen LogP contribution in [0.2, 0.25) is 0 Å². The third-order valence-corrected chi connectivity index (χ3v) is 4.65. The number of nitrogens with one attached hydrogen (secondary N) is 1. The molecular weight excluding hydrogens is 294 g/mol. The number of aromatic amines is 1. The van der Waals surface area contributed by atoms with Gasteiger partial charge in [-0.25, -0.2) is 0 Å². The zero-order valence-electron chi connectivity index (χ0n) is 14.4. The van der Waals surface area contributed by atoms with Crippen molar-refractivity contribution in [2.75, 3.05) is 26.8 Å². The van der Waals surface area contributed by atoms with E-state index in [0.717, 1.165) is 18.5 Å². The van der Waals surface area contributed by atoms with Gasteiger partial charge in [0.15, 0.2) is 0 Å². The fourth-order valence-corrected chi connectivity index (χ4v) is 3.71. The SMILES string of the molecule is COC[C@H]1CN(C(=O)Cc2n[nH]c3c2CCCC3)CC(C)(C)O1. The summed E-state index contributed by atoms with van der Waals surface area (Å²) in [4.78, 5) is 14.7. The lowest BCUT2D eigenvalue weighted by molar-refractivity contribution is -0.168. The Balaban J connectivity index is 1.68. The number of amides is 1. The molecule has 1 aliphatic heterocycles. The molecule has 1 aromatic heterocycles. The van der Waals surface area contributed by atoms with E-state index in [9.17, 15) is 4.79 Å². The summed E-state index contributed by atoms with van der Waals surface area (Å²) in [6.07, 6.45) is 4.79. The number of aryl methyl sites for hydroxylation is 1. The second-order valence-corrected chi connectivity index (χ2v) is 7.24. The molecule has 0 aromatic carbocycles. The summed E-state index contributed by atoms with van der Waals surface area (Å²) in [5, 5.41) is 7.51. The fourth-order valence-electron chi connectivity index (χ4n) is 3.71. The molecule has 1 fully saturated rings. The lowest BCUT2D eigenvalue weighted by atomic mass is 9.95.